The second kappa shape index (κ2) is 4.92. The Morgan fingerprint density at radius 2 is 2.17 bits per heavy atom. The Hall–Kier alpha value is -1.64. The van der Waals surface area contributed by atoms with Gasteiger partial charge in [-0.2, -0.15) is 5.10 Å². The number of rotatable bonds is 3. The van der Waals surface area contributed by atoms with Crippen LogP contribution in [0.4, 0.5) is 17.2 Å². The predicted molar refractivity (Wildman–Crippen MR) is 77.0 cm³/mol. The van der Waals surface area contributed by atoms with E-state index in [1.807, 2.05) is 42.6 Å². The van der Waals surface area contributed by atoms with Crippen molar-refractivity contribution in [1.29, 1.82) is 0 Å². The SMILES string of the molecule is Cc1cc(Nc2ccc([N+](=O)[O-])c(I)c2)nn1C. The fourth-order valence-electron chi connectivity index (χ4n) is 1.50. The summed E-state index contributed by atoms with van der Waals surface area (Å²) in [6.07, 6.45) is 0. The minimum Gasteiger partial charge on any atom is -0.339 e. The number of nitrogens with zero attached hydrogens (tertiary/aromatic N) is 3. The molecule has 1 aromatic carbocycles. The van der Waals surface area contributed by atoms with Crippen LogP contribution in [0.1, 0.15) is 5.69 Å². The quantitative estimate of drug-likeness (QED) is 0.520. The number of hydrogen-bond donors (Lipinski definition) is 1. The summed E-state index contributed by atoms with van der Waals surface area (Å²) in [5.74, 6) is 0.722. The molecule has 0 amide bonds. The molecular weight excluding hydrogens is 347 g/mol. The third-order valence-corrected chi connectivity index (χ3v) is 3.39. The first-order chi connectivity index (χ1) is 8.47. The molecular formula is C11H11IN4O2. The van der Waals surface area contributed by atoms with E-state index >= 15 is 0 Å². The lowest BCUT2D eigenvalue weighted by atomic mass is 10.3. The number of hydrogen-bond acceptors (Lipinski definition) is 4. The van der Waals surface area contributed by atoms with Crippen molar-refractivity contribution < 1.29 is 4.92 Å². The van der Waals surface area contributed by atoms with Crippen molar-refractivity contribution in [3.63, 3.8) is 0 Å². The van der Waals surface area contributed by atoms with Crippen molar-refractivity contribution >= 4 is 39.8 Å². The van der Waals surface area contributed by atoms with Crippen LogP contribution < -0.4 is 5.32 Å². The fourth-order valence-corrected chi connectivity index (χ4v) is 2.21. The summed E-state index contributed by atoms with van der Waals surface area (Å²) >= 11 is 1.95. The summed E-state index contributed by atoms with van der Waals surface area (Å²) < 4.78 is 2.36. The molecule has 0 aliphatic carbocycles. The van der Waals surface area contributed by atoms with Gasteiger partial charge in [0.15, 0.2) is 5.82 Å². The zero-order valence-electron chi connectivity index (χ0n) is 9.85. The lowest BCUT2D eigenvalue weighted by molar-refractivity contribution is -0.385. The van der Waals surface area contributed by atoms with Crippen LogP contribution in [0, 0.1) is 20.6 Å². The number of benzene rings is 1. The van der Waals surface area contributed by atoms with E-state index in [1.165, 1.54) is 6.07 Å². The van der Waals surface area contributed by atoms with Crippen LogP contribution in [0.25, 0.3) is 0 Å². The van der Waals surface area contributed by atoms with Gasteiger partial charge in [0.25, 0.3) is 5.69 Å². The van der Waals surface area contributed by atoms with Crippen LogP contribution in [-0.2, 0) is 7.05 Å². The van der Waals surface area contributed by atoms with Gasteiger partial charge >= 0.3 is 0 Å². The molecule has 0 saturated carbocycles. The number of aromatic nitrogens is 2. The summed E-state index contributed by atoms with van der Waals surface area (Å²) in [6.45, 7) is 1.96. The van der Waals surface area contributed by atoms with Gasteiger partial charge < -0.3 is 5.32 Å². The molecule has 94 valence electrons. The van der Waals surface area contributed by atoms with E-state index in [9.17, 15) is 10.1 Å². The molecule has 0 radical (unpaired) electrons. The first-order valence-electron chi connectivity index (χ1n) is 5.19. The average Bonchev–Trinajstić information content (AvgIpc) is 2.57. The standard InChI is InChI=1S/C11H11IN4O2/c1-7-5-11(14-15(7)2)13-8-3-4-10(16(17)18)9(12)6-8/h3-6H,1-2H3,(H,13,14). The normalized spacial score (nSPS) is 10.4. The Bertz CT molecular complexity index is 590. The molecule has 7 heteroatoms. The van der Waals surface area contributed by atoms with Gasteiger partial charge in [0.1, 0.15) is 0 Å². The van der Waals surface area contributed by atoms with E-state index in [4.69, 9.17) is 0 Å². The molecule has 0 aliphatic rings. The van der Waals surface area contributed by atoms with Gasteiger partial charge in [-0.25, -0.2) is 0 Å². The highest BCUT2D eigenvalue weighted by atomic mass is 127. The number of anilines is 2. The van der Waals surface area contributed by atoms with Crippen LogP contribution >= 0.6 is 22.6 Å². The Kier molecular flexibility index (Phi) is 3.50. The third kappa shape index (κ3) is 2.61. The summed E-state index contributed by atoms with van der Waals surface area (Å²) in [5, 5.41) is 18.1. The smallest absolute Gasteiger partial charge is 0.282 e. The molecule has 1 heterocycles. The van der Waals surface area contributed by atoms with Crippen LogP contribution in [0.2, 0.25) is 0 Å². The van der Waals surface area contributed by atoms with Crippen molar-refractivity contribution in [2.75, 3.05) is 5.32 Å². The number of nitro groups is 1. The minimum atomic E-state index is -0.392. The Morgan fingerprint density at radius 3 is 2.67 bits per heavy atom. The highest BCUT2D eigenvalue weighted by Gasteiger charge is 2.12. The summed E-state index contributed by atoms with van der Waals surface area (Å²) in [6, 6.07) is 6.79. The number of aryl methyl sites for hydroxylation is 2. The third-order valence-electron chi connectivity index (χ3n) is 2.53. The molecule has 0 fully saturated rings. The van der Waals surface area contributed by atoms with Gasteiger partial charge in [-0.3, -0.25) is 14.8 Å². The van der Waals surface area contributed by atoms with Gasteiger partial charge in [0.05, 0.1) is 8.49 Å². The van der Waals surface area contributed by atoms with Gasteiger partial charge in [0.2, 0.25) is 0 Å². The van der Waals surface area contributed by atoms with Crippen molar-refractivity contribution in [3.8, 4) is 0 Å². The molecule has 2 aromatic rings. The average molecular weight is 358 g/mol. The molecule has 0 aliphatic heterocycles. The fraction of sp³-hybridized carbons (Fsp3) is 0.182. The Morgan fingerprint density at radius 1 is 1.44 bits per heavy atom. The zero-order chi connectivity index (χ0) is 13.3. The van der Waals surface area contributed by atoms with Crippen molar-refractivity contribution in [2.24, 2.45) is 7.05 Å². The van der Waals surface area contributed by atoms with Crippen LogP contribution in [0.3, 0.4) is 0 Å². The minimum absolute atomic E-state index is 0.110. The predicted octanol–water partition coefficient (Wildman–Crippen LogP) is 2.98. The number of halogens is 1. The van der Waals surface area contributed by atoms with Crippen LogP contribution in [0.15, 0.2) is 24.3 Å². The molecule has 18 heavy (non-hydrogen) atoms. The van der Waals surface area contributed by atoms with Gasteiger partial charge in [-0.1, -0.05) is 0 Å². The first-order valence-corrected chi connectivity index (χ1v) is 6.27. The maximum absolute atomic E-state index is 10.7. The summed E-state index contributed by atoms with van der Waals surface area (Å²) in [7, 11) is 1.86. The van der Waals surface area contributed by atoms with E-state index in [0.717, 1.165) is 17.2 Å². The summed E-state index contributed by atoms with van der Waals surface area (Å²) in [4.78, 5) is 10.3. The molecule has 1 N–H and O–H groups in total. The first kappa shape index (κ1) is 12.8. The largest absolute Gasteiger partial charge is 0.339 e. The maximum Gasteiger partial charge on any atom is 0.282 e. The highest BCUT2D eigenvalue weighted by Crippen LogP contribution is 2.25. The molecule has 1 aromatic heterocycles. The Labute approximate surface area is 117 Å². The van der Waals surface area contributed by atoms with Crippen molar-refractivity contribution in [3.05, 3.63) is 43.6 Å². The second-order valence-electron chi connectivity index (χ2n) is 3.84. The number of nitro benzene ring substituents is 1. The van der Waals surface area contributed by atoms with E-state index in [0.29, 0.717) is 3.57 Å². The van der Waals surface area contributed by atoms with E-state index in [2.05, 4.69) is 10.4 Å². The van der Waals surface area contributed by atoms with E-state index in [-0.39, 0.29) is 5.69 Å². The molecule has 0 spiro atoms. The lowest BCUT2D eigenvalue weighted by Crippen LogP contribution is -1.96. The molecule has 2 rings (SSSR count). The monoisotopic (exact) mass is 358 g/mol. The molecule has 0 saturated heterocycles. The zero-order valence-corrected chi connectivity index (χ0v) is 12.0. The molecule has 0 unspecified atom stereocenters. The maximum atomic E-state index is 10.7. The molecule has 0 bridgehead atoms. The van der Waals surface area contributed by atoms with Crippen LogP contribution in [0.5, 0.6) is 0 Å². The van der Waals surface area contributed by atoms with Crippen LogP contribution in [-0.4, -0.2) is 14.7 Å². The second-order valence-corrected chi connectivity index (χ2v) is 5.01. The van der Waals surface area contributed by atoms with Crippen molar-refractivity contribution in [1.82, 2.24) is 9.78 Å². The number of nitrogens with one attached hydrogen (secondary N) is 1. The van der Waals surface area contributed by atoms with Gasteiger partial charge in [-0.05, 0) is 41.6 Å². The molecule has 0 atom stereocenters. The van der Waals surface area contributed by atoms with E-state index in [1.54, 1.807) is 16.8 Å². The summed E-state index contributed by atoms with van der Waals surface area (Å²) in [5.41, 5.74) is 1.93. The highest BCUT2D eigenvalue weighted by molar-refractivity contribution is 14.1. The Balaban J connectivity index is 2.25. The molecule has 6 nitrogen and oxygen atoms in total. The van der Waals surface area contributed by atoms with Gasteiger partial charge in [-0.15, -0.1) is 0 Å². The topological polar surface area (TPSA) is 73.0 Å². The van der Waals surface area contributed by atoms with Crippen molar-refractivity contribution in [2.45, 2.75) is 6.92 Å². The van der Waals surface area contributed by atoms with E-state index < -0.39 is 4.92 Å². The van der Waals surface area contributed by atoms with Gasteiger partial charge in [0, 0.05) is 30.6 Å². The lowest BCUT2D eigenvalue weighted by Gasteiger charge is -2.03.